The smallest absolute Gasteiger partial charge is 0.324 e. The standard InChI is InChI=1S/C17H23NO2/c1-2-8-17(16(19)20)9-5-10-18(17)15-11-13-6-3-4-7-14(13)12-15/h3-4,6-7,15H,2,5,8-12H2,1H3,(H,19,20). The Hall–Kier alpha value is -1.35. The van der Waals surface area contributed by atoms with Crippen molar-refractivity contribution >= 4 is 5.97 Å². The van der Waals surface area contributed by atoms with Gasteiger partial charge in [-0.2, -0.15) is 0 Å². The van der Waals surface area contributed by atoms with Crippen LogP contribution in [0.4, 0.5) is 0 Å². The number of fused-ring (bicyclic) bond motifs is 1. The summed E-state index contributed by atoms with van der Waals surface area (Å²) in [4.78, 5) is 14.2. The molecule has 0 aromatic heterocycles. The van der Waals surface area contributed by atoms with Crippen LogP contribution in [0.15, 0.2) is 24.3 Å². The molecule has 0 radical (unpaired) electrons. The van der Waals surface area contributed by atoms with E-state index in [0.29, 0.717) is 6.04 Å². The topological polar surface area (TPSA) is 40.5 Å². The van der Waals surface area contributed by atoms with Crippen molar-refractivity contribution in [2.24, 2.45) is 0 Å². The molecule has 0 amide bonds. The van der Waals surface area contributed by atoms with Crippen LogP contribution in [0.2, 0.25) is 0 Å². The van der Waals surface area contributed by atoms with Crippen molar-refractivity contribution in [3.8, 4) is 0 Å². The normalized spacial score (nSPS) is 26.9. The van der Waals surface area contributed by atoms with Crippen molar-refractivity contribution in [3.05, 3.63) is 35.4 Å². The summed E-state index contributed by atoms with van der Waals surface area (Å²) < 4.78 is 0. The van der Waals surface area contributed by atoms with Gasteiger partial charge in [0.1, 0.15) is 5.54 Å². The summed E-state index contributed by atoms with van der Waals surface area (Å²) in [7, 11) is 0. The molecule has 1 N–H and O–H groups in total. The fraction of sp³-hybridized carbons (Fsp3) is 0.588. The van der Waals surface area contributed by atoms with Gasteiger partial charge in [-0.05, 0) is 49.8 Å². The first-order valence-electron chi connectivity index (χ1n) is 7.74. The van der Waals surface area contributed by atoms with Crippen molar-refractivity contribution < 1.29 is 9.90 Å². The summed E-state index contributed by atoms with van der Waals surface area (Å²) >= 11 is 0. The van der Waals surface area contributed by atoms with Crippen molar-refractivity contribution in [1.29, 1.82) is 0 Å². The Morgan fingerprint density at radius 3 is 2.55 bits per heavy atom. The van der Waals surface area contributed by atoms with Gasteiger partial charge in [-0.1, -0.05) is 37.6 Å². The Morgan fingerprint density at radius 2 is 2.00 bits per heavy atom. The SMILES string of the molecule is CCCC1(C(=O)O)CCCN1C1Cc2ccccc2C1. The number of carboxylic acid groups (broad SMARTS) is 1. The second kappa shape index (κ2) is 5.21. The van der Waals surface area contributed by atoms with Crippen LogP contribution in [0.1, 0.15) is 43.7 Å². The molecular formula is C17H23NO2. The minimum absolute atomic E-state index is 0.373. The molecule has 1 fully saturated rings. The summed E-state index contributed by atoms with van der Waals surface area (Å²) in [6, 6.07) is 8.92. The van der Waals surface area contributed by atoms with E-state index in [1.807, 2.05) is 0 Å². The second-order valence-electron chi connectivity index (χ2n) is 6.21. The van der Waals surface area contributed by atoms with Crippen LogP contribution >= 0.6 is 0 Å². The zero-order valence-electron chi connectivity index (χ0n) is 12.1. The average Bonchev–Trinajstić information content (AvgIpc) is 3.02. The molecule has 1 aliphatic carbocycles. The fourth-order valence-corrected chi connectivity index (χ4v) is 4.21. The van der Waals surface area contributed by atoms with Gasteiger partial charge >= 0.3 is 5.97 Å². The summed E-state index contributed by atoms with van der Waals surface area (Å²) in [6.07, 6.45) is 5.55. The zero-order valence-corrected chi connectivity index (χ0v) is 12.1. The van der Waals surface area contributed by atoms with Gasteiger partial charge in [0, 0.05) is 6.04 Å². The van der Waals surface area contributed by atoms with Crippen molar-refractivity contribution in [2.45, 2.75) is 57.0 Å². The molecule has 1 aromatic carbocycles. The Balaban J connectivity index is 1.85. The van der Waals surface area contributed by atoms with Gasteiger partial charge in [-0.3, -0.25) is 9.69 Å². The number of benzene rings is 1. The zero-order chi connectivity index (χ0) is 14.2. The highest BCUT2D eigenvalue weighted by atomic mass is 16.4. The number of rotatable bonds is 4. The van der Waals surface area contributed by atoms with Crippen LogP contribution < -0.4 is 0 Å². The first-order chi connectivity index (χ1) is 9.67. The van der Waals surface area contributed by atoms with Gasteiger partial charge in [-0.15, -0.1) is 0 Å². The van der Waals surface area contributed by atoms with Crippen molar-refractivity contribution in [3.63, 3.8) is 0 Å². The molecule has 1 heterocycles. The minimum atomic E-state index is -0.618. The average molecular weight is 273 g/mol. The van der Waals surface area contributed by atoms with Crippen LogP contribution in [0, 0.1) is 0 Å². The Bertz CT molecular complexity index is 488. The summed E-state index contributed by atoms with van der Waals surface area (Å²) in [5.74, 6) is -0.618. The molecule has 0 spiro atoms. The number of aliphatic carboxylic acids is 1. The lowest BCUT2D eigenvalue weighted by molar-refractivity contribution is -0.151. The van der Waals surface area contributed by atoms with E-state index in [1.165, 1.54) is 11.1 Å². The molecular weight excluding hydrogens is 250 g/mol. The lowest BCUT2D eigenvalue weighted by Crippen LogP contribution is -2.55. The molecule has 1 aromatic rings. The predicted molar refractivity (Wildman–Crippen MR) is 78.9 cm³/mol. The number of likely N-dealkylation sites (tertiary alicyclic amines) is 1. The van der Waals surface area contributed by atoms with Gasteiger partial charge in [0.2, 0.25) is 0 Å². The number of carboxylic acids is 1. The molecule has 1 saturated heterocycles. The molecule has 0 saturated carbocycles. The van der Waals surface area contributed by atoms with Crippen LogP contribution in [-0.2, 0) is 17.6 Å². The van der Waals surface area contributed by atoms with E-state index >= 15 is 0 Å². The Kier molecular flexibility index (Phi) is 3.55. The Morgan fingerprint density at radius 1 is 1.35 bits per heavy atom. The van der Waals surface area contributed by atoms with E-state index < -0.39 is 11.5 Å². The highest BCUT2D eigenvalue weighted by molar-refractivity contribution is 5.79. The largest absolute Gasteiger partial charge is 0.480 e. The van der Waals surface area contributed by atoms with Gasteiger partial charge in [0.05, 0.1) is 0 Å². The van der Waals surface area contributed by atoms with E-state index in [-0.39, 0.29) is 0 Å². The predicted octanol–water partition coefficient (Wildman–Crippen LogP) is 2.87. The monoisotopic (exact) mass is 273 g/mol. The molecule has 3 nitrogen and oxygen atoms in total. The third kappa shape index (κ3) is 2.05. The third-order valence-corrected chi connectivity index (χ3v) is 5.07. The van der Waals surface area contributed by atoms with Gasteiger partial charge < -0.3 is 5.11 Å². The molecule has 0 bridgehead atoms. The van der Waals surface area contributed by atoms with Crippen molar-refractivity contribution in [1.82, 2.24) is 4.90 Å². The number of nitrogens with zero attached hydrogens (tertiary/aromatic N) is 1. The lowest BCUT2D eigenvalue weighted by Gasteiger charge is -2.38. The molecule has 3 heteroatoms. The Labute approximate surface area is 120 Å². The minimum Gasteiger partial charge on any atom is -0.480 e. The fourth-order valence-electron chi connectivity index (χ4n) is 4.21. The van der Waals surface area contributed by atoms with E-state index in [2.05, 4.69) is 36.1 Å². The molecule has 1 atom stereocenters. The van der Waals surface area contributed by atoms with Gasteiger partial charge in [-0.25, -0.2) is 0 Å². The molecule has 2 aliphatic rings. The third-order valence-electron chi connectivity index (χ3n) is 5.07. The first kappa shape index (κ1) is 13.6. The maximum absolute atomic E-state index is 11.9. The molecule has 3 rings (SSSR count). The van der Waals surface area contributed by atoms with Crippen LogP contribution in [0.5, 0.6) is 0 Å². The highest BCUT2D eigenvalue weighted by Crippen LogP contribution is 2.39. The molecule has 108 valence electrons. The van der Waals surface area contributed by atoms with Crippen LogP contribution in [0.3, 0.4) is 0 Å². The van der Waals surface area contributed by atoms with Crippen LogP contribution in [-0.4, -0.2) is 34.1 Å². The van der Waals surface area contributed by atoms with Crippen molar-refractivity contribution in [2.75, 3.05) is 6.54 Å². The number of carbonyl (C=O) groups is 1. The van der Waals surface area contributed by atoms with E-state index in [4.69, 9.17) is 0 Å². The summed E-state index contributed by atoms with van der Waals surface area (Å²) in [6.45, 7) is 3.02. The molecule has 20 heavy (non-hydrogen) atoms. The molecule has 1 aliphatic heterocycles. The van der Waals surface area contributed by atoms with Gasteiger partial charge in [0.25, 0.3) is 0 Å². The summed E-state index contributed by atoms with van der Waals surface area (Å²) in [5, 5.41) is 9.80. The van der Waals surface area contributed by atoms with E-state index in [9.17, 15) is 9.90 Å². The van der Waals surface area contributed by atoms with Crippen LogP contribution in [0.25, 0.3) is 0 Å². The summed E-state index contributed by atoms with van der Waals surface area (Å²) in [5.41, 5.74) is 2.20. The number of hydrogen-bond donors (Lipinski definition) is 1. The maximum atomic E-state index is 11.9. The van der Waals surface area contributed by atoms with E-state index in [1.54, 1.807) is 0 Å². The lowest BCUT2D eigenvalue weighted by atomic mass is 9.89. The quantitative estimate of drug-likeness (QED) is 0.917. The highest BCUT2D eigenvalue weighted by Gasteiger charge is 2.50. The second-order valence-corrected chi connectivity index (χ2v) is 6.21. The van der Waals surface area contributed by atoms with Gasteiger partial charge in [0.15, 0.2) is 0 Å². The van der Waals surface area contributed by atoms with E-state index in [0.717, 1.165) is 45.1 Å². The maximum Gasteiger partial charge on any atom is 0.324 e. The first-order valence-corrected chi connectivity index (χ1v) is 7.74. The number of hydrogen-bond acceptors (Lipinski definition) is 2. The molecule has 1 unspecified atom stereocenters.